The molecule has 4 heteroatoms. The predicted octanol–water partition coefficient (Wildman–Crippen LogP) is 3.46. The van der Waals surface area contributed by atoms with E-state index < -0.39 is 5.97 Å². The molecule has 2 aromatic rings. The summed E-state index contributed by atoms with van der Waals surface area (Å²) < 4.78 is 0. The van der Waals surface area contributed by atoms with Crippen LogP contribution in [0.15, 0.2) is 36.7 Å². The molecule has 1 aromatic heterocycles. The van der Waals surface area contributed by atoms with Crippen molar-refractivity contribution in [3.63, 3.8) is 0 Å². The van der Waals surface area contributed by atoms with Crippen LogP contribution in [0.1, 0.15) is 35.3 Å². The van der Waals surface area contributed by atoms with Crippen molar-refractivity contribution >= 4 is 5.97 Å². The number of hydrogen-bond acceptors (Lipinski definition) is 3. The van der Waals surface area contributed by atoms with Gasteiger partial charge in [0.15, 0.2) is 0 Å². The van der Waals surface area contributed by atoms with E-state index in [9.17, 15) is 9.90 Å². The zero-order valence-electron chi connectivity index (χ0n) is 13.3. The van der Waals surface area contributed by atoms with Gasteiger partial charge >= 0.3 is 5.97 Å². The van der Waals surface area contributed by atoms with Gasteiger partial charge in [-0.25, -0.2) is 4.79 Å². The molecule has 116 valence electrons. The van der Waals surface area contributed by atoms with E-state index >= 15 is 0 Å². The Morgan fingerprint density at radius 2 is 2.05 bits per heavy atom. The van der Waals surface area contributed by atoms with E-state index in [1.165, 1.54) is 5.56 Å². The molecule has 0 fully saturated rings. The summed E-state index contributed by atoms with van der Waals surface area (Å²) in [6.45, 7) is 5.83. The molecule has 0 radical (unpaired) electrons. The van der Waals surface area contributed by atoms with Crippen LogP contribution in [0.3, 0.4) is 0 Å². The molecule has 22 heavy (non-hydrogen) atoms. The van der Waals surface area contributed by atoms with Crippen LogP contribution in [-0.2, 0) is 13.0 Å². The summed E-state index contributed by atoms with van der Waals surface area (Å²) in [5.74, 6) is -0.884. The first-order chi connectivity index (χ1) is 10.6. The van der Waals surface area contributed by atoms with Crippen LogP contribution < -0.4 is 0 Å². The highest BCUT2D eigenvalue weighted by molar-refractivity contribution is 5.96. The first kappa shape index (κ1) is 16.2. The van der Waals surface area contributed by atoms with E-state index in [-0.39, 0.29) is 0 Å². The molecular weight excluding hydrogens is 276 g/mol. The number of rotatable bonds is 2. The number of carbonyl (C=O) groups is 1. The molecular formula is C18H22N2O2. The van der Waals surface area contributed by atoms with Gasteiger partial charge in [0, 0.05) is 31.0 Å². The van der Waals surface area contributed by atoms with Crippen LogP contribution in [0.25, 0.3) is 11.1 Å². The number of pyridine rings is 1. The second-order valence-electron chi connectivity index (χ2n) is 5.20. The second kappa shape index (κ2) is 7.18. The maximum absolute atomic E-state index is 11.5. The third-order valence-corrected chi connectivity index (χ3v) is 3.75. The highest BCUT2D eigenvalue weighted by Gasteiger charge is 2.19. The number of carboxylic acid groups (broad SMARTS) is 1. The van der Waals surface area contributed by atoms with E-state index in [1.54, 1.807) is 12.4 Å². The topological polar surface area (TPSA) is 53.4 Å². The lowest BCUT2D eigenvalue weighted by atomic mass is 9.91. The Hall–Kier alpha value is -2.20. The molecule has 1 aliphatic rings. The summed E-state index contributed by atoms with van der Waals surface area (Å²) in [5.41, 5.74) is 4.32. The van der Waals surface area contributed by atoms with Gasteiger partial charge in [-0.15, -0.1) is 0 Å². The van der Waals surface area contributed by atoms with Gasteiger partial charge in [-0.3, -0.25) is 4.98 Å². The van der Waals surface area contributed by atoms with Gasteiger partial charge in [-0.1, -0.05) is 19.9 Å². The monoisotopic (exact) mass is 298 g/mol. The molecule has 0 spiro atoms. The fourth-order valence-corrected chi connectivity index (χ4v) is 2.69. The van der Waals surface area contributed by atoms with Crippen LogP contribution in [0.4, 0.5) is 0 Å². The molecule has 0 amide bonds. The Bertz CT molecular complexity index is 654. The number of likely N-dealkylation sites (N-methyl/N-ethyl adjacent to an activating group) is 1. The summed E-state index contributed by atoms with van der Waals surface area (Å²) in [5, 5.41) is 9.45. The van der Waals surface area contributed by atoms with Crippen LogP contribution in [0.2, 0.25) is 0 Å². The maximum atomic E-state index is 11.5. The number of nitrogens with zero attached hydrogens (tertiary/aromatic N) is 2. The number of hydrogen-bond donors (Lipinski definition) is 1. The molecule has 0 unspecified atom stereocenters. The molecule has 0 bridgehead atoms. The van der Waals surface area contributed by atoms with Crippen molar-refractivity contribution in [3.05, 3.63) is 53.3 Å². The SMILES string of the molecule is CC.CN1CCc2cc(C(=O)O)c(-c3cccnc3)cc2C1. The third-order valence-electron chi connectivity index (χ3n) is 3.75. The van der Waals surface area contributed by atoms with Gasteiger partial charge in [-0.2, -0.15) is 0 Å². The van der Waals surface area contributed by atoms with Crippen LogP contribution in [0, 0.1) is 0 Å². The minimum atomic E-state index is -0.884. The number of carboxylic acids is 1. The zero-order chi connectivity index (χ0) is 16.1. The van der Waals surface area contributed by atoms with E-state index in [0.29, 0.717) is 5.56 Å². The summed E-state index contributed by atoms with van der Waals surface area (Å²) in [4.78, 5) is 17.8. The van der Waals surface area contributed by atoms with Gasteiger partial charge in [0.25, 0.3) is 0 Å². The molecule has 3 rings (SSSR count). The summed E-state index contributed by atoms with van der Waals surface area (Å²) >= 11 is 0. The molecule has 1 aliphatic heterocycles. The average Bonchev–Trinajstić information content (AvgIpc) is 2.56. The highest BCUT2D eigenvalue weighted by atomic mass is 16.4. The van der Waals surface area contributed by atoms with Gasteiger partial charge in [0.2, 0.25) is 0 Å². The third kappa shape index (κ3) is 3.34. The molecule has 0 saturated heterocycles. The van der Waals surface area contributed by atoms with E-state index in [0.717, 1.165) is 36.2 Å². The van der Waals surface area contributed by atoms with Gasteiger partial charge in [0.1, 0.15) is 0 Å². The lowest BCUT2D eigenvalue weighted by Crippen LogP contribution is -2.27. The smallest absolute Gasteiger partial charge is 0.336 e. The van der Waals surface area contributed by atoms with Crippen molar-refractivity contribution in [2.75, 3.05) is 13.6 Å². The number of aromatic nitrogens is 1. The normalized spacial score (nSPS) is 13.8. The predicted molar refractivity (Wildman–Crippen MR) is 88.0 cm³/mol. The van der Waals surface area contributed by atoms with Crippen LogP contribution in [-0.4, -0.2) is 34.6 Å². The highest BCUT2D eigenvalue weighted by Crippen LogP contribution is 2.29. The van der Waals surface area contributed by atoms with Gasteiger partial charge in [0.05, 0.1) is 5.56 Å². The van der Waals surface area contributed by atoms with E-state index in [4.69, 9.17) is 0 Å². The molecule has 2 heterocycles. The molecule has 1 aromatic carbocycles. The summed E-state index contributed by atoms with van der Waals surface area (Å²) in [7, 11) is 2.08. The first-order valence-electron chi connectivity index (χ1n) is 7.63. The molecule has 0 saturated carbocycles. The van der Waals surface area contributed by atoms with Crippen molar-refractivity contribution in [2.45, 2.75) is 26.8 Å². The standard InChI is InChI=1S/C16H16N2O2.C2H6/c1-18-6-4-11-7-15(16(19)20)14(8-13(11)10-18)12-3-2-5-17-9-12;1-2/h2-3,5,7-9H,4,6,10H2,1H3,(H,19,20);1-2H3. The lowest BCUT2D eigenvalue weighted by molar-refractivity contribution is 0.0697. The molecule has 4 nitrogen and oxygen atoms in total. The number of fused-ring (bicyclic) bond motifs is 1. The lowest BCUT2D eigenvalue weighted by Gasteiger charge is -2.26. The van der Waals surface area contributed by atoms with Crippen LogP contribution >= 0.6 is 0 Å². The van der Waals surface area contributed by atoms with Crippen molar-refractivity contribution in [2.24, 2.45) is 0 Å². The van der Waals surface area contributed by atoms with Crippen LogP contribution in [0.5, 0.6) is 0 Å². The fourth-order valence-electron chi connectivity index (χ4n) is 2.69. The molecule has 0 aliphatic carbocycles. The Balaban J connectivity index is 0.000000847. The Morgan fingerprint density at radius 1 is 1.27 bits per heavy atom. The Kier molecular flexibility index (Phi) is 5.28. The minimum absolute atomic E-state index is 0.362. The maximum Gasteiger partial charge on any atom is 0.336 e. The molecule has 0 atom stereocenters. The first-order valence-corrected chi connectivity index (χ1v) is 7.63. The Labute approximate surface area is 131 Å². The van der Waals surface area contributed by atoms with Crippen molar-refractivity contribution in [1.29, 1.82) is 0 Å². The second-order valence-corrected chi connectivity index (χ2v) is 5.20. The zero-order valence-corrected chi connectivity index (χ0v) is 13.3. The summed E-state index contributed by atoms with van der Waals surface area (Å²) in [6, 6.07) is 7.55. The molecule has 1 N–H and O–H groups in total. The Morgan fingerprint density at radius 3 is 2.68 bits per heavy atom. The van der Waals surface area contributed by atoms with Crippen molar-refractivity contribution in [1.82, 2.24) is 9.88 Å². The van der Waals surface area contributed by atoms with Gasteiger partial charge in [-0.05, 0) is 48.4 Å². The quantitative estimate of drug-likeness (QED) is 0.922. The van der Waals surface area contributed by atoms with E-state index in [2.05, 4.69) is 16.9 Å². The number of aromatic carboxylic acids is 1. The van der Waals surface area contributed by atoms with Gasteiger partial charge < -0.3 is 10.0 Å². The summed E-state index contributed by atoms with van der Waals surface area (Å²) in [6.07, 6.45) is 4.30. The number of benzene rings is 1. The fraction of sp³-hybridized carbons (Fsp3) is 0.333. The minimum Gasteiger partial charge on any atom is -0.478 e. The largest absolute Gasteiger partial charge is 0.478 e. The van der Waals surface area contributed by atoms with Crippen molar-refractivity contribution in [3.8, 4) is 11.1 Å². The van der Waals surface area contributed by atoms with Crippen molar-refractivity contribution < 1.29 is 9.90 Å². The van der Waals surface area contributed by atoms with E-state index in [1.807, 2.05) is 38.1 Å². The average molecular weight is 298 g/mol.